The molecule has 0 unspecified atom stereocenters. The quantitative estimate of drug-likeness (QED) is 0.444. The summed E-state index contributed by atoms with van der Waals surface area (Å²) in [7, 11) is -3.13. The van der Waals surface area contributed by atoms with Gasteiger partial charge in [-0.2, -0.15) is 0 Å². The number of methoxy groups -OCH3 is 1. The highest BCUT2D eigenvalue weighted by molar-refractivity contribution is 6.74. The van der Waals surface area contributed by atoms with Crippen LogP contribution in [0.3, 0.4) is 0 Å². The summed E-state index contributed by atoms with van der Waals surface area (Å²) in [5.74, 6) is -2.33. The molecule has 0 aromatic rings. The van der Waals surface area contributed by atoms with Gasteiger partial charge in [0.1, 0.15) is 42.4 Å². The van der Waals surface area contributed by atoms with E-state index in [1.54, 1.807) is 0 Å². The molecule has 3 rings (SSSR count). The SMILES string of the molecule is COC(=O)[C@H]1[C@H]2O[C@]3(COC(=O)[C@@H]13)[C@H](O[Si](C)(C)C(C)(C)C)[C@@H]2O[Si](C)(C)C(C)(C)C. The standard InChI is InChI=1S/C22H40O7Si2/c1-20(2,3)30(8,9)28-16-15-13(18(23)25-7)14-19(24)26-12-22(14,27-15)17(16)29-31(10,11)21(4,5)6/h13-17H,12H2,1-11H3/t13-,14-,15-,16-,17-,22+/m1/s1. The summed E-state index contributed by atoms with van der Waals surface area (Å²) in [5, 5.41) is -0.0656. The third-order valence-electron chi connectivity index (χ3n) is 8.33. The van der Waals surface area contributed by atoms with E-state index >= 15 is 0 Å². The Morgan fingerprint density at radius 1 is 1.00 bits per heavy atom. The van der Waals surface area contributed by atoms with E-state index in [0.29, 0.717) is 0 Å². The van der Waals surface area contributed by atoms with Gasteiger partial charge in [-0.1, -0.05) is 41.5 Å². The van der Waals surface area contributed by atoms with Crippen molar-refractivity contribution in [2.75, 3.05) is 13.7 Å². The number of ether oxygens (including phenoxy) is 3. The van der Waals surface area contributed by atoms with Crippen molar-refractivity contribution in [3.8, 4) is 0 Å². The summed E-state index contributed by atoms with van der Waals surface area (Å²) in [5.41, 5.74) is -1.01. The Kier molecular flexibility index (Phi) is 5.92. The lowest BCUT2D eigenvalue weighted by molar-refractivity contribution is -0.157. The van der Waals surface area contributed by atoms with Gasteiger partial charge in [0.2, 0.25) is 0 Å². The van der Waals surface area contributed by atoms with E-state index in [1.165, 1.54) is 7.11 Å². The molecule has 0 aliphatic carbocycles. The molecule has 3 aliphatic heterocycles. The molecule has 0 amide bonds. The summed E-state index contributed by atoms with van der Waals surface area (Å²) in [6.07, 6.45) is -1.51. The zero-order valence-electron chi connectivity index (χ0n) is 21.0. The zero-order chi connectivity index (χ0) is 23.8. The van der Waals surface area contributed by atoms with Crippen LogP contribution >= 0.6 is 0 Å². The van der Waals surface area contributed by atoms with Crippen LogP contribution in [-0.4, -0.2) is 66.2 Å². The zero-order valence-corrected chi connectivity index (χ0v) is 23.0. The van der Waals surface area contributed by atoms with Gasteiger partial charge in [-0.15, -0.1) is 0 Å². The Morgan fingerprint density at radius 2 is 1.52 bits per heavy atom. The van der Waals surface area contributed by atoms with Crippen LogP contribution in [-0.2, 0) is 32.7 Å². The van der Waals surface area contributed by atoms with Gasteiger partial charge in [0.05, 0.1) is 7.11 Å². The highest BCUT2D eigenvalue weighted by Gasteiger charge is 2.78. The van der Waals surface area contributed by atoms with Crippen LogP contribution in [0.15, 0.2) is 0 Å². The van der Waals surface area contributed by atoms with Crippen LogP contribution < -0.4 is 0 Å². The minimum Gasteiger partial charge on any atom is -0.469 e. The monoisotopic (exact) mass is 472 g/mol. The first kappa shape index (κ1) is 24.9. The molecule has 6 atom stereocenters. The van der Waals surface area contributed by atoms with E-state index in [1.807, 2.05) is 0 Å². The lowest BCUT2D eigenvalue weighted by atomic mass is 9.70. The number of esters is 2. The number of fused-ring (bicyclic) bond motifs is 1. The van der Waals surface area contributed by atoms with Gasteiger partial charge >= 0.3 is 11.9 Å². The molecule has 3 aliphatic rings. The Labute approximate surface area is 188 Å². The van der Waals surface area contributed by atoms with Crippen molar-refractivity contribution in [1.29, 1.82) is 0 Å². The molecule has 1 spiro atoms. The Balaban J connectivity index is 2.08. The molecule has 0 N–H and O–H groups in total. The summed E-state index contributed by atoms with van der Waals surface area (Å²) in [6.45, 7) is 21.9. The van der Waals surface area contributed by atoms with Crippen molar-refractivity contribution in [2.24, 2.45) is 11.8 Å². The van der Waals surface area contributed by atoms with Crippen molar-refractivity contribution < 1.29 is 32.7 Å². The molecule has 31 heavy (non-hydrogen) atoms. The van der Waals surface area contributed by atoms with E-state index in [0.717, 1.165) is 0 Å². The predicted octanol–water partition coefficient (Wildman–Crippen LogP) is 3.88. The second kappa shape index (κ2) is 7.38. The van der Waals surface area contributed by atoms with Gasteiger partial charge in [0.25, 0.3) is 0 Å². The third kappa shape index (κ3) is 3.74. The first-order valence-electron chi connectivity index (χ1n) is 11.2. The van der Waals surface area contributed by atoms with Crippen LogP contribution in [0.25, 0.3) is 0 Å². The van der Waals surface area contributed by atoms with Gasteiger partial charge in [-0.3, -0.25) is 9.59 Å². The van der Waals surface area contributed by atoms with Gasteiger partial charge in [-0.25, -0.2) is 0 Å². The summed E-state index contributed by atoms with van der Waals surface area (Å²) in [4.78, 5) is 25.5. The summed E-state index contributed by atoms with van der Waals surface area (Å²) >= 11 is 0. The number of hydrogen-bond donors (Lipinski definition) is 0. The fourth-order valence-electron chi connectivity index (χ4n) is 4.40. The van der Waals surface area contributed by atoms with Crippen molar-refractivity contribution in [2.45, 2.75) is 102 Å². The minimum absolute atomic E-state index is 0.0316. The van der Waals surface area contributed by atoms with Gasteiger partial charge in [0, 0.05) is 0 Å². The van der Waals surface area contributed by atoms with Crippen molar-refractivity contribution >= 4 is 28.6 Å². The first-order chi connectivity index (χ1) is 13.9. The van der Waals surface area contributed by atoms with Gasteiger partial charge in [-0.05, 0) is 36.3 Å². The molecule has 9 heteroatoms. The molecular formula is C22H40O7Si2. The number of cyclic esters (lactones) is 1. The molecule has 2 bridgehead atoms. The molecule has 0 saturated carbocycles. The molecule has 0 aromatic heterocycles. The Morgan fingerprint density at radius 3 is 2.00 bits per heavy atom. The number of carbonyl (C=O) groups is 2. The van der Waals surface area contributed by atoms with Crippen LogP contribution in [0.2, 0.25) is 36.3 Å². The third-order valence-corrected chi connectivity index (χ3v) is 17.3. The van der Waals surface area contributed by atoms with E-state index in [9.17, 15) is 9.59 Å². The molecule has 3 heterocycles. The van der Waals surface area contributed by atoms with Crippen LogP contribution in [0, 0.1) is 11.8 Å². The molecule has 3 saturated heterocycles. The topological polar surface area (TPSA) is 80.3 Å². The first-order valence-corrected chi connectivity index (χ1v) is 17.0. The molecular weight excluding hydrogens is 432 g/mol. The number of rotatable bonds is 5. The van der Waals surface area contributed by atoms with Crippen LogP contribution in [0.1, 0.15) is 41.5 Å². The van der Waals surface area contributed by atoms with E-state index < -0.39 is 64.3 Å². The second-order valence-electron chi connectivity index (χ2n) is 12.3. The summed E-state index contributed by atoms with van der Waals surface area (Å²) < 4.78 is 30.8. The van der Waals surface area contributed by atoms with E-state index in [4.69, 9.17) is 23.1 Å². The highest BCUT2D eigenvalue weighted by Crippen LogP contribution is 2.59. The highest BCUT2D eigenvalue weighted by atomic mass is 28.4. The maximum atomic E-state index is 12.8. The van der Waals surface area contributed by atoms with E-state index in [-0.39, 0.29) is 16.7 Å². The maximum absolute atomic E-state index is 12.8. The number of carbonyl (C=O) groups excluding carboxylic acids is 2. The summed E-state index contributed by atoms with van der Waals surface area (Å²) in [6, 6.07) is 0. The van der Waals surface area contributed by atoms with Crippen LogP contribution in [0.5, 0.6) is 0 Å². The lowest BCUT2D eigenvalue weighted by Gasteiger charge is -2.48. The molecule has 0 aromatic carbocycles. The number of hydrogen-bond acceptors (Lipinski definition) is 7. The smallest absolute Gasteiger partial charge is 0.313 e. The average Bonchev–Trinajstić information content (AvgIpc) is 3.20. The van der Waals surface area contributed by atoms with Gasteiger partial charge < -0.3 is 23.1 Å². The normalized spacial score (nSPS) is 35.8. The average molecular weight is 473 g/mol. The fraction of sp³-hybridized carbons (Fsp3) is 0.909. The van der Waals surface area contributed by atoms with Crippen molar-refractivity contribution in [1.82, 2.24) is 0 Å². The van der Waals surface area contributed by atoms with Crippen molar-refractivity contribution in [3.63, 3.8) is 0 Å². The fourth-order valence-corrected chi connectivity index (χ4v) is 7.01. The molecule has 178 valence electrons. The molecule has 0 radical (unpaired) electrons. The predicted molar refractivity (Wildman–Crippen MR) is 122 cm³/mol. The molecule has 3 fully saturated rings. The largest absolute Gasteiger partial charge is 0.469 e. The Hall–Kier alpha value is -0.746. The van der Waals surface area contributed by atoms with Crippen LogP contribution in [0.4, 0.5) is 0 Å². The maximum Gasteiger partial charge on any atom is 0.313 e. The molecule has 7 nitrogen and oxygen atoms in total. The van der Waals surface area contributed by atoms with Gasteiger partial charge in [0.15, 0.2) is 16.6 Å². The van der Waals surface area contributed by atoms with E-state index in [2.05, 4.69) is 67.7 Å². The minimum atomic E-state index is -2.24. The lowest BCUT2D eigenvalue weighted by Crippen LogP contribution is -2.63. The Bertz CT molecular complexity index is 752. The second-order valence-corrected chi connectivity index (χ2v) is 21.8. The van der Waals surface area contributed by atoms with Crippen molar-refractivity contribution in [3.05, 3.63) is 0 Å².